The van der Waals surface area contributed by atoms with Crippen LogP contribution in [0.3, 0.4) is 0 Å². The molecule has 1 N–H and O–H groups in total. The van der Waals surface area contributed by atoms with Crippen LogP contribution in [0.2, 0.25) is 0 Å². The summed E-state index contributed by atoms with van der Waals surface area (Å²) in [6.45, 7) is 0. The van der Waals surface area contributed by atoms with E-state index in [0.29, 0.717) is 17.6 Å². The highest BCUT2D eigenvalue weighted by molar-refractivity contribution is 9.10. The van der Waals surface area contributed by atoms with Gasteiger partial charge in [0.15, 0.2) is 11.6 Å². The van der Waals surface area contributed by atoms with Crippen molar-refractivity contribution in [2.75, 3.05) is 5.32 Å². The highest BCUT2D eigenvalue weighted by Crippen LogP contribution is 2.23. The molecule has 0 radical (unpaired) electrons. The quantitative estimate of drug-likeness (QED) is 0.474. The topological polar surface area (TPSA) is 50.7 Å². The first-order valence-corrected chi connectivity index (χ1v) is 8.97. The number of benzene rings is 3. The third-order valence-corrected chi connectivity index (χ3v) is 4.33. The van der Waals surface area contributed by atoms with E-state index in [-0.39, 0.29) is 0 Å². The standard InChI is InChI=1S/C21H15BrN4/c22-17-11-13-18(14-12-17)23-21-25-19(15-7-3-1-4-8-15)24-20(26-21)16-9-5-2-6-10-16/h1-14H,(H,23,24,25,26). The maximum absolute atomic E-state index is 4.66. The van der Waals surface area contributed by atoms with E-state index in [1.54, 1.807) is 0 Å². The first-order valence-electron chi connectivity index (χ1n) is 8.17. The van der Waals surface area contributed by atoms with Gasteiger partial charge in [-0.25, -0.2) is 4.98 Å². The van der Waals surface area contributed by atoms with Gasteiger partial charge in [-0.05, 0) is 24.3 Å². The molecule has 0 aliphatic rings. The fourth-order valence-electron chi connectivity index (χ4n) is 2.53. The first kappa shape index (κ1) is 16.4. The van der Waals surface area contributed by atoms with Crippen LogP contribution in [0, 0.1) is 0 Å². The summed E-state index contributed by atoms with van der Waals surface area (Å²) < 4.78 is 1.02. The number of aromatic nitrogens is 3. The van der Waals surface area contributed by atoms with Crippen molar-refractivity contribution >= 4 is 27.6 Å². The van der Waals surface area contributed by atoms with E-state index >= 15 is 0 Å². The molecule has 0 aliphatic heterocycles. The van der Waals surface area contributed by atoms with Crippen LogP contribution < -0.4 is 5.32 Å². The van der Waals surface area contributed by atoms with E-state index in [0.717, 1.165) is 21.3 Å². The fourth-order valence-corrected chi connectivity index (χ4v) is 2.79. The Bertz CT molecular complexity index is 945. The summed E-state index contributed by atoms with van der Waals surface area (Å²) >= 11 is 3.45. The monoisotopic (exact) mass is 402 g/mol. The van der Waals surface area contributed by atoms with Gasteiger partial charge in [0, 0.05) is 21.3 Å². The number of nitrogens with zero attached hydrogens (tertiary/aromatic N) is 3. The molecule has 0 atom stereocenters. The van der Waals surface area contributed by atoms with Crippen LogP contribution >= 0.6 is 15.9 Å². The summed E-state index contributed by atoms with van der Waals surface area (Å²) in [5.41, 5.74) is 2.81. The summed E-state index contributed by atoms with van der Waals surface area (Å²) in [6, 6.07) is 27.7. The Labute approximate surface area is 160 Å². The lowest BCUT2D eigenvalue weighted by atomic mass is 10.2. The Balaban J connectivity index is 1.78. The van der Waals surface area contributed by atoms with Crippen molar-refractivity contribution < 1.29 is 0 Å². The molecule has 0 saturated carbocycles. The maximum Gasteiger partial charge on any atom is 0.231 e. The van der Waals surface area contributed by atoms with Crippen LogP contribution in [0.15, 0.2) is 89.4 Å². The predicted molar refractivity (Wildman–Crippen MR) is 108 cm³/mol. The van der Waals surface area contributed by atoms with Gasteiger partial charge in [0.2, 0.25) is 5.95 Å². The minimum atomic E-state index is 0.514. The zero-order valence-corrected chi connectivity index (χ0v) is 15.4. The first-order chi connectivity index (χ1) is 12.8. The van der Waals surface area contributed by atoms with Gasteiger partial charge in [-0.15, -0.1) is 0 Å². The molecule has 1 aromatic heterocycles. The molecule has 0 aliphatic carbocycles. The molecule has 126 valence electrons. The average molecular weight is 403 g/mol. The van der Waals surface area contributed by atoms with Crippen LogP contribution in [0.1, 0.15) is 0 Å². The van der Waals surface area contributed by atoms with Crippen LogP contribution in [0.25, 0.3) is 22.8 Å². The van der Waals surface area contributed by atoms with Gasteiger partial charge in [0.05, 0.1) is 0 Å². The second kappa shape index (κ2) is 7.45. The zero-order valence-electron chi connectivity index (χ0n) is 13.8. The van der Waals surface area contributed by atoms with Crippen molar-refractivity contribution in [1.29, 1.82) is 0 Å². The van der Waals surface area contributed by atoms with Crippen molar-refractivity contribution in [3.05, 3.63) is 89.4 Å². The van der Waals surface area contributed by atoms with Gasteiger partial charge in [-0.2, -0.15) is 9.97 Å². The van der Waals surface area contributed by atoms with Gasteiger partial charge in [0.25, 0.3) is 0 Å². The molecule has 1 heterocycles. The second-order valence-corrected chi connectivity index (χ2v) is 6.59. The Hall–Kier alpha value is -3.05. The van der Waals surface area contributed by atoms with Gasteiger partial charge < -0.3 is 5.32 Å². The second-order valence-electron chi connectivity index (χ2n) is 5.67. The highest BCUT2D eigenvalue weighted by atomic mass is 79.9. The van der Waals surface area contributed by atoms with E-state index in [1.807, 2.05) is 84.9 Å². The third-order valence-electron chi connectivity index (χ3n) is 3.80. The van der Waals surface area contributed by atoms with Crippen molar-refractivity contribution in [1.82, 2.24) is 15.0 Å². The molecule has 4 rings (SSSR count). The zero-order chi connectivity index (χ0) is 17.8. The van der Waals surface area contributed by atoms with Gasteiger partial charge in [0.1, 0.15) is 0 Å². The van der Waals surface area contributed by atoms with Crippen LogP contribution in [-0.2, 0) is 0 Å². The Kier molecular flexibility index (Phi) is 4.71. The lowest BCUT2D eigenvalue weighted by molar-refractivity contribution is 1.07. The van der Waals surface area contributed by atoms with E-state index in [4.69, 9.17) is 0 Å². The van der Waals surface area contributed by atoms with Crippen LogP contribution in [-0.4, -0.2) is 15.0 Å². The Morgan fingerprint density at radius 1 is 0.577 bits per heavy atom. The van der Waals surface area contributed by atoms with Gasteiger partial charge >= 0.3 is 0 Å². The average Bonchev–Trinajstić information content (AvgIpc) is 2.71. The van der Waals surface area contributed by atoms with E-state index < -0.39 is 0 Å². The smallest absolute Gasteiger partial charge is 0.231 e. The summed E-state index contributed by atoms with van der Waals surface area (Å²) in [7, 11) is 0. The maximum atomic E-state index is 4.66. The molecule has 0 unspecified atom stereocenters. The fraction of sp³-hybridized carbons (Fsp3) is 0. The third kappa shape index (κ3) is 3.78. The lowest BCUT2D eigenvalue weighted by Crippen LogP contribution is -2.03. The molecule has 4 aromatic rings. The highest BCUT2D eigenvalue weighted by Gasteiger charge is 2.10. The van der Waals surface area contributed by atoms with Crippen LogP contribution in [0.5, 0.6) is 0 Å². The number of anilines is 2. The van der Waals surface area contributed by atoms with Crippen molar-refractivity contribution in [2.45, 2.75) is 0 Å². The number of hydrogen-bond acceptors (Lipinski definition) is 4. The largest absolute Gasteiger partial charge is 0.324 e. The number of hydrogen-bond donors (Lipinski definition) is 1. The van der Waals surface area contributed by atoms with E-state index in [9.17, 15) is 0 Å². The number of nitrogens with one attached hydrogen (secondary N) is 1. The van der Waals surface area contributed by atoms with Crippen molar-refractivity contribution in [3.8, 4) is 22.8 Å². The minimum Gasteiger partial charge on any atom is -0.324 e. The minimum absolute atomic E-state index is 0.514. The molecular formula is C21H15BrN4. The van der Waals surface area contributed by atoms with E-state index in [1.165, 1.54) is 0 Å². The number of rotatable bonds is 4. The summed E-state index contributed by atoms with van der Waals surface area (Å²) in [5, 5.41) is 3.27. The van der Waals surface area contributed by atoms with Crippen LogP contribution in [0.4, 0.5) is 11.6 Å². The number of halogens is 1. The summed E-state index contributed by atoms with van der Waals surface area (Å²) in [6.07, 6.45) is 0. The molecule has 5 heteroatoms. The normalized spacial score (nSPS) is 10.5. The lowest BCUT2D eigenvalue weighted by Gasteiger charge is -2.09. The molecule has 4 nitrogen and oxygen atoms in total. The molecular weight excluding hydrogens is 388 g/mol. The molecule has 0 spiro atoms. The van der Waals surface area contributed by atoms with E-state index in [2.05, 4.69) is 36.2 Å². The Morgan fingerprint density at radius 3 is 1.58 bits per heavy atom. The Morgan fingerprint density at radius 2 is 1.08 bits per heavy atom. The molecule has 0 bridgehead atoms. The molecule has 0 saturated heterocycles. The van der Waals surface area contributed by atoms with Crippen molar-refractivity contribution in [2.24, 2.45) is 0 Å². The predicted octanol–water partition coefficient (Wildman–Crippen LogP) is 5.71. The molecule has 3 aromatic carbocycles. The summed E-state index contributed by atoms with van der Waals surface area (Å²) in [5.74, 6) is 1.79. The van der Waals surface area contributed by atoms with Gasteiger partial charge in [-0.3, -0.25) is 0 Å². The SMILES string of the molecule is Brc1ccc(Nc2nc(-c3ccccc3)nc(-c3ccccc3)n2)cc1. The van der Waals surface area contributed by atoms with Crippen molar-refractivity contribution in [3.63, 3.8) is 0 Å². The summed E-state index contributed by atoms with van der Waals surface area (Å²) in [4.78, 5) is 13.9. The van der Waals surface area contributed by atoms with Gasteiger partial charge in [-0.1, -0.05) is 76.6 Å². The molecule has 0 fully saturated rings. The molecule has 0 amide bonds. The molecule has 26 heavy (non-hydrogen) atoms.